The third-order valence-electron chi connectivity index (χ3n) is 3.22. The molecule has 2 aliphatic carbocycles. The van der Waals surface area contributed by atoms with Crippen LogP contribution in [0.15, 0.2) is 34.9 Å². The molecule has 0 nitrogen and oxygen atoms in total. The third-order valence-corrected chi connectivity index (χ3v) is 4.86. The van der Waals surface area contributed by atoms with Crippen LogP contribution >= 0.6 is 0 Å². The molecule has 20 heavy (non-hydrogen) atoms. The maximum Gasteiger partial charge on any atom is 4.00 e. The quantitative estimate of drug-likeness (QED) is 0.338. The van der Waals surface area contributed by atoms with Crippen molar-refractivity contribution in [2.24, 2.45) is 0 Å². The molecule has 0 aromatic carbocycles. The second-order valence-electron chi connectivity index (χ2n) is 4.61. The van der Waals surface area contributed by atoms with E-state index in [-0.39, 0.29) is 51.0 Å². The average Bonchev–Trinajstić information content (AvgIpc) is 2.86. The van der Waals surface area contributed by atoms with E-state index in [4.69, 9.17) is 0 Å². The van der Waals surface area contributed by atoms with Crippen LogP contribution < -0.4 is 24.8 Å². The number of hydrogen-bond donors (Lipinski definition) is 0. The van der Waals surface area contributed by atoms with Crippen molar-refractivity contribution in [3.8, 4) is 0 Å². The molecule has 0 atom stereocenters. The van der Waals surface area contributed by atoms with Crippen LogP contribution in [0.4, 0.5) is 0 Å². The molecule has 0 aromatic heterocycles. The molecule has 1 aliphatic heterocycles. The minimum atomic E-state index is 0. The molecule has 4 heteroatoms. The van der Waals surface area contributed by atoms with E-state index >= 15 is 0 Å². The molecule has 3 aliphatic rings. The van der Waals surface area contributed by atoms with Crippen molar-refractivity contribution in [1.29, 1.82) is 0 Å². The van der Waals surface area contributed by atoms with Gasteiger partial charge in [-0.25, -0.2) is 17.7 Å². The predicted molar refractivity (Wildman–Crippen MR) is 78.4 cm³/mol. The van der Waals surface area contributed by atoms with Gasteiger partial charge in [-0.1, -0.05) is 32.4 Å². The number of halogens is 2. The molecule has 109 valence electrons. The first kappa shape index (κ1) is 25.6. The summed E-state index contributed by atoms with van der Waals surface area (Å²) in [5.41, 5.74) is 4.25. The first-order valence-electron chi connectivity index (χ1n) is 6.49. The van der Waals surface area contributed by atoms with Crippen molar-refractivity contribution in [1.82, 2.24) is 0 Å². The maximum absolute atomic E-state index is 3.26. The summed E-state index contributed by atoms with van der Waals surface area (Å²) in [4.78, 5) is 0. The van der Waals surface area contributed by atoms with Crippen molar-refractivity contribution in [2.75, 3.05) is 0 Å². The standard InChI is InChI=1S/C8H11.C5H5.C3H7Si.2ClH.Zr/c1-6-4-5-7(2)8(6)3;1-2-4-5-3-1;1-2-4-3-1;;;/h4H2,1-3H3;1-3H,4H2;4H,1-3H2;2*1H;/q2*-1;;;;+4/p-2. The van der Waals surface area contributed by atoms with Gasteiger partial charge in [-0.15, -0.1) is 19.8 Å². The largest absolute Gasteiger partial charge is 4.00 e. The molecular weight excluding hydrogens is 382 g/mol. The average molecular weight is 406 g/mol. The Morgan fingerprint density at radius 2 is 1.65 bits per heavy atom. The van der Waals surface area contributed by atoms with Crippen molar-refractivity contribution in [3.63, 3.8) is 0 Å². The van der Waals surface area contributed by atoms with E-state index in [9.17, 15) is 0 Å². The Balaban J connectivity index is -0.000000212. The fraction of sp³-hybridized carbons (Fsp3) is 0.500. The molecule has 3 rings (SSSR count). The van der Waals surface area contributed by atoms with Gasteiger partial charge in [0.2, 0.25) is 0 Å². The van der Waals surface area contributed by atoms with Gasteiger partial charge >= 0.3 is 26.2 Å². The Labute approximate surface area is 159 Å². The van der Waals surface area contributed by atoms with E-state index in [1.54, 1.807) is 12.1 Å². The molecule has 1 heterocycles. The summed E-state index contributed by atoms with van der Waals surface area (Å²) in [6.07, 6.45) is 15.9. The number of hydrogen-bond acceptors (Lipinski definition) is 0. The molecule has 0 aromatic rings. The maximum atomic E-state index is 3.26. The van der Waals surface area contributed by atoms with Gasteiger partial charge in [-0.2, -0.15) is 17.2 Å². The van der Waals surface area contributed by atoms with Crippen LogP contribution in [0.5, 0.6) is 0 Å². The van der Waals surface area contributed by atoms with Crippen LogP contribution in [0.1, 0.15) is 40.0 Å². The minimum absolute atomic E-state index is 0. The Kier molecular flexibility index (Phi) is 20.5. The molecule has 0 unspecified atom stereocenters. The SMILES string of the molecule is C1C[SiH]C1.CC1=[C-]CC(C)=C1C.[C-]1=CC=CC1.[Cl-].[Cl-].[Zr+4]. The monoisotopic (exact) mass is 403 g/mol. The molecule has 0 spiro atoms. The van der Waals surface area contributed by atoms with Crippen LogP contribution in [0.25, 0.3) is 0 Å². The zero-order valence-corrected chi connectivity index (χ0v) is 17.7. The van der Waals surface area contributed by atoms with Gasteiger partial charge in [0.25, 0.3) is 0 Å². The molecule has 1 radical (unpaired) electrons. The van der Waals surface area contributed by atoms with Crippen molar-refractivity contribution in [3.05, 3.63) is 47.1 Å². The van der Waals surface area contributed by atoms with Crippen molar-refractivity contribution >= 4 is 9.52 Å². The normalized spacial score (nSPS) is 17.1. The van der Waals surface area contributed by atoms with Gasteiger partial charge in [0, 0.05) is 9.52 Å². The molecule has 1 fully saturated rings. The topological polar surface area (TPSA) is 0 Å². The molecule has 0 amide bonds. The molecule has 0 bridgehead atoms. The zero-order valence-electron chi connectivity index (χ0n) is 12.6. The molecule has 0 N–H and O–H groups in total. The Bertz CT molecular complexity index is 334. The van der Waals surface area contributed by atoms with Gasteiger partial charge in [0.1, 0.15) is 0 Å². The van der Waals surface area contributed by atoms with E-state index in [1.165, 1.54) is 23.1 Å². The van der Waals surface area contributed by atoms with Gasteiger partial charge in [0.05, 0.1) is 0 Å². The Hall–Kier alpha value is 0.640. The Morgan fingerprint density at radius 3 is 1.75 bits per heavy atom. The van der Waals surface area contributed by atoms with Gasteiger partial charge in [-0.3, -0.25) is 12.2 Å². The second-order valence-corrected chi connectivity index (χ2v) is 6.34. The first-order valence-corrected chi connectivity index (χ1v) is 8.12. The van der Waals surface area contributed by atoms with Crippen LogP contribution in [0, 0.1) is 12.2 Å². The first-order chi connectivity index (χ1) is 8.22. The summed E-state index contributed by atoms with van der Waals surface area (Å²) >= 11 is 0. The molecule has 0 saturated carbocycles. The van der Waals surface area contributed by atoms with Crippen molar-refractivity contribution < 1.29 is 51.0 Å². The minimum Gasteiger partial charge on any atom is -1.00 e. The van der Waals surface area contributed by atoms with Crippen LogP contribution in [0.3, 0.4) is 0 Å². The summed E-state index contributed by atoms with van der Waals surface area (Å²) in [6.45, 7) is 6.44. The molecule has 1 saturated heterocycles. The van der Waals surface area contributed by atoms with E-state index in [2.05, 4.69) is 39.0 Å². The fourth-order valence-corrected chi connectivity index (χ4v) is 1.80. The third kappa shape index (κ3) is 11.3. The van der Waals surface area contributed by atoms with Crippen LogP contribution in [-0.2, 0) is 26.2 Å². The summed E-state index contributed by atoms with van der Waals surface area (Å²) in [6, 6.07) is 3.17. The number of rotatable bonds is 0. The van der Waals surface area contributed by atoms with Gasteiger partial charge in [0.15, 0.2) is 0 Å². The fourth-order valence-electron chi connectivity index (χ4n) is 1.39. The van der Waals surface area contributed by atoms with E-state index in [1.807, 2.05) is 12.2 Å². The van der Waals surface area contributed by atoms with E-state index < -0.39 is 0 Å². The molecular formula is C16H23Cl2SiZr. The Morgan fingerprint density at radius 1 is 1.10 bits per heavy atom. The summed E-state index contributed by atoms with van der Waals surface area (Å²) in [5, 5.41) is 0. The van der Waals surface area contributed by atoms with Crippen LogP contribution in [0.2, 0.25) is 12.1 Å². The zero-order chi connectivity index (χ0) is 12.5. The smallest absolute Gasteiger partial charge is 1.00 e. The van der Waals surface area contributed by atoms with E-state index in [0.717, 1.165) is 22.4 Å². The predicted octanol–water partition coefficient (Wildman–Crippen LogP) is -1.55. The van der Waals surface area contributed by atoms with Crippen molar-refractivity contribution in [2.45, 2.75) is 52.1 Å². The van der Waals surface area contributed by atoms with Gasteiger partial charge in [-0.05, 0) is 0 Å². The summed E-state index contributed by atoms with van der Waals surface area (Å²) in [7, 11) is 0.963. The summed E-state index contributed by atoms with van der Waals surface area (Å²) < 4.78 is 0. The van der Waals surface area contributed by atoms with Gasteiger partial charge < -0.3 is 24.8 Å². The van der Waals surface area contributed by atoms with Crippen LogP contribution in [-0.4, -0.2) is 9.52 Å². The van der Waals surface area contributed by atoms with E-state index in [0.29, 0.717) is 0 Å². The second kappa shape index (κ2) is 16.0. The number of allylic oxidation sites excluding steroid dienone is 8. The summed E-state index contributed by atoms with van der Waals surface area (Å²) in [5.74, 6) is 0.